The lowest BCUT2D eigenvalue weighted by atomic mass is 10.2. The Labute approximate surface area is 134 Å². The molecule has 0 N–H and O–H groups in total. The molecule has 3 aromatic rings. The summed E-state index contributed by atoms with van der Waals surface area (Å²) in [5.41, 5.74) is 1.12. The Morgan fingerprint density at radius 2 is 1.95 bits per heavy atom. The molecule has 0 fully saturated rings. The average Bonchev–Trinajstić information content (AvgIpc) is 2.51. The molecule has 2 aromatic carbocycles. The zero-order valence-corrected chi connectivity index (χ0v) is 13.2. The first-order valence-corrected chi connectivity index (χ1v) is 7.75. The molecule has 5 heteroatoms. The van der Waals surface area contributed by atoms with Gasteiger partial charge in [0.05, 0.1) is 5.02 Å². The van der Waals surface area contributed by atoms with E-state index in [2.05, 4.69) is 20.9 Å². The fraction of sp³-hybridized carbons (Fsp3) is 0.0625. The molecule has 1 aromatic heterocycles. The van der Waals surface area contributed by atoms with Crippen molar-refractivity contribution in [3.63, 3.8) is 0 Å². The Balaban J connectivity index is 2.11. The number of hydrogen-bond acceptors (Lipinski definition) is 2. The standard InChI is InChI=1S/C16H10BrClFNO/c17-9-11-13(19)4-1-5-14(11)21-15-7-6-12(18)10-3-2-8-20-16(10)15/h1-8H,9H2. The van der Waals surface area contributed by atoms with E-state index in [4.69, 9.17) is 16.3 Å². The number of fused-ring (bicyclic) bond motifs is 1. The van der Waals surface area contributed by atoms with Crippen molar-refractivity contribution in [2.75, 3.05) is 0 Å². The lowest BCUT2D eigenvalue weighted by Gasteiger charge is -2.12. The molecule has 0 saturated carbocycles. The lowest BCUT2D eigenvalue weighted by molar-refractivity contribution is 0.475. The van der Waals surface area contributed by atoms with Crippen molar-refractivity contribution in [2.24, 2.45) is 0 Å². The molecule has 1 heterocycles. The maximum atomic E-state index is 13.8. The third kappa shape index (κ3) is 2.74. The van der Waals surface area contributed by atoms with Gasteiger partial charge >= 0.3 is 0 Å². The van der Waals surface area contributed by atoms with Gasteiger partial charge in [0.25, 0.3) is 0 Å². The SMILES string of the molecule is Fc1cccc(Oc2ccc(Cl)c3cccnc23)c1CBr. The van der Waals surface area contributed by atoms with E-state index < -0.39 is 0 Å². The molecule has 0 aliphatic rings. The van der Waals surface area contributed by atoms with Gasteiger partial charge in [0.2, 0.25) is 0 Å². The van der Waals surface area contributed by atoms with Crippen molar-refractivity contribution in [2.45, 2.75) is 5.33 Å². The van der Waals surface area contributed by atoms with Crippen molar-refractivity contribution in [1.82, 2.24) is 4.98 Å². The molecular formula is C16H10BrClFNO. The number of aromatic nitrogens is 1. The molecule has 0 aliphatic carbocycles. The smallest absolute Gasteiger partial charge is 0.153 e. The number of ether oxygens (including phenoxy) is 1. The quantitative estimate of drug-likeness (QED) is 0.554. The van der Waals surface area contributed by atoms with Crippen LogP contribution < -0.4 is 4.74 Å². The number of hydrogen-bond donors (Lipinski definition) is 0. The molecule has 0 atom stereocenters. The van der Waals surface area contributed by atoms with E-state index in [1.165, 1.54) is 6.07 Å². The normalized spacial score (nSPS) is 10.8. The Hall–Kier alpha value is -1.65. The number of nitrogens with zero attached hydrogens (tertiary/aromatic N) is 1. The largest absolute Gasteiger partial charge is 0.455 e. The molecule has 0 saturated heterocycles. The average molecular weight is 367 g/mol. The fourth-order valence-corrected chi connectivity index (χ4v) is 2.84. The Bertz CT molecular complexity index is 809. The van der Waals surface area contributed by atoms with Crippen molar-refractivity contribution < 1.29 is 9.13 Å². The summed E-state index contributed by atoms with van der Waals surface area (Å²) >= 11 is 9.43. The van der Waals surface area contributed by atoms with Crippen LogP contribution in [0, 0.1) is 5.82 Å². The summed E-state index contributed by atoms with van der Waals surface area (Å²) in [7, 11) is 0. The van der Waals surface area contributed by atoms with Gasteiger partial charge in [-0.15, -0.1) is 0 Å². The van der Waals surface area contributed by atoms with E-state index in [9.17, 15) is 4.39 Å². The zero-order chi connectivity index (χ0) is 14.8. The molecule has 0 aliphatic heterocycles. The van der Waals surface area contributed by atoms with Crippen LogP contribution in [-0.4, -0.2) is 4.98 Å². The van der Waals surface area contributed by atoms with Crippen LogP contribution in [0.2, 0.25) is 5.02 Å². The van der Waals surface area contributed by atoms with Gasteiger partial charge in [0.1, 0.15) is 17.1 Å². The summed E-state index contributed by atoms with van der Waals surface area (Å²) in [6, 6.07) is 11.9. The van der Waals surface area contributed by atoms with E-state index in [1.54, 1.807) is 30.5 Å². The van der Waals surface area contributed by atoms with Crippen LogP contribution in [-0.2, 0) is 5.33 Å². The molecule has 0 radical (unpaired) electrons. The van der Waals surface area contributed by atoms with E-state index in [0.717, 1.165) is 5.39 Å². The first-order chi connectivity index (χ1) is 10.2. The Morgan fingerprint density at radius 1 is 1.10 bits per heavy atom. The van der Waals surface area contributed by atoms with Crippen LogP contribution in [0.15, 0.2) is 48.7 Å². The second-order valence-corrected chi connectivity index (χ2v) is 5.37. The minimum absolute atomic E-state index is 0.310. The van der Waals surface area contributed by atoms with Crippen LogP contribution in [0.4, 0.5) is 4.39 Å². The third-order valence-corrected chi connectivity index (χ3v) is 4.00. The van der Waals surface area contributed by atoms with Gasteiger partial charge in [-0.25, -0.2) is 4.39 Å². The van der Waals surface area contributed by atoms with Gasteiger partial charge < -0.3 is 4.74 Å². The van der Waals surface area contributed by atoms with Crippen LogP contribution in [0.25, 0.3) is 10.9 Å². The zero-order valence-electron chi connectivity index (χ0n) is 10.8. The van der Waals surface area contributed by atoms with Gasteiger partial charge in [-0.1, -0.05) is 33.6 Å². The summed E-state index contributed by atoms with van der Waals surface area (Å²) < 4.78 is 19.6. The Kier molecular flexibility index (Phi) is 4.08. The van der Waals surface area contributed by atoms with Crippen molar-refractivity contribution in [3.8, 4) is 11.5 Å². The number of rotatable bonds is 3. The summed E-state index contributed by atoms with van der Waals surface area (Å²) in [6.45, 7) is 0. The number of halogens is 3. The van der Waals surface area contributed by atoms with Crippen molar-refractivity contribution in [1.29, 1.82) is 0 Å². The highest BCUT2D eigenvalue weighted by Crippen LogP contribution is 2.35. The molecule has 0 unspecified atom stereocenters. The van der Waals surface area contributed by atoms with Crippen LogP contribution in [0.3, 0.4) is 0 Å². The third-order valence-electron chi connectivity index (χ3n) is 3.11. The molecule has 3 rings (SSSR count). The van der Waals surface area contributed by atoms with Gasteiger partial charge in [0.15, 0.2) is 5.75 Å². The van der Waals surface area contributed by atoms with E-state index >= 15 is 0 Å². The van der Waals surface area contributed by atoms with Crippen molar-refractivity contribution >= 4 is 38.4 Å². The molecule has 2 nitrogen and oxygen atoms in total. The maximum absolute atomic E-state index is 13.8. The highest BCUT2D eigenvalue weighted by Gasteiger charge is 2.12. The van der Waals surface area contributed by atoms with E-state index in [1.807, 2.05) is 12.1 Å². The monoisotopic (exact) mass is 365 g/mol. The second-order valence-electron chi connectivity index (χ2n) is 4.40. The van der Waals surface area contributed by atoms with Gasteiger partial charge in [0, 0.05) is 22.5 Å². The topological polar surface area (TPSA) is 22.1 Å². The molecule has 0 amide bonds. The summed E-state index contributed by atoms with van der Waals surface area (Å²) in [4.78, 5) is 4.30. The summed E-state index contributed by atoms with van der Waals surface area (Å²) in [5.74, 6) is 0.694. The molecule has 106 valence electrons. The van der Waals surface area contributed by atoms with Crippen LogP contribution in [0.1, 0.15) is 5.56 Å². The highest BCUT2D eigenvalue weighted by atomic mass is 79.9. The van der Waals surface area contributed by atoms with Gasteiger partial charge in [-0.05, 0) is 36.4 Å². The number of pyridine rings is 1. The summed E-state index contributed by atoms with van der Waals surface area (Å²) in [5, 5.41) is 1.77. The minimum Gasteiger partial charge on any atom is -0.455 e. The molecule has 21 heavy (non-hydrogen) atoms. The molecule has 0 bridgehead atoms. The first-order valence-electron chi connectivity index (χ1n) is 6.25. The lowest BCUT2D eigenvalue weighted by Crippen LogP contribution is -1.94. The Morgan fingerprint density at radius 3 is 2.76 bits per heavy atom. The number of benzene rings is 2. The maximum Gasteiger partial charge on any atom is 0.153 e. The highest BCUT2D eigenvalue weighted by molar-refractivity contribution is 9.08. The number of alkyl halides is 1. The predicted molar refractivity (Wildman–Crippen MR) is 85.9 cm³/mol. The molecule has 0 spiro atoms. The van der Waals surface area contributed by atoms with Crippen LogP contribution >= 0.6 is 27.5 Å². The van der Waals surface area contributed by atoms with Gasteiger partial charge in [-0.3, -0.25) is 4.98 Å². The summed E-state index contributed by atoms with van der Waals surface area (Å²) in [6.07, 6.45) is 1.67. The van der Waals surface area contributed by atoms with Crippen molar-refractivity contribution in [3.05, 3.63) is 65.1 Å². The fourth-order valence-electron chi connectivity index (χ4n) is 2.08. The molecular weight excluding hydrogens is 357 g/mol. The van der Waals surface area contributed by atoms with E-state index in [0.29, 0.717) is 32.9 Å². The van der Waals surface area contributed by atoms with E-state index in [-0.39, 0.29) is 5.82 Å². The second kappa shape index (κ2) is 6.00. The predicted octanol–water partition coefficient (Wildman–Crippen LogP) is 5.71. The van der Waals surface area contributed by atoms with Gasteiger partial charge in [-0.2, -0.15) is 0 Å². The first kappa shape index (κ1) is 14.3. The van der Waals surface area contributed by atoms with Crippen LogP contribution in [0.5, 0.6) is 11.5 Å². The minimum atomic E-state index is -0.310.